The number of nitrogens with one attached hydrogen (secondary N) is 1. The molecule has 0 aliphatic rings. The van der Waals surface area contributed by atoms with Crippen LogP contribution in [0.25, 0.3) is 0 Å². The van der Waals surface area contributed by atoms with Gasteiger partial charge < -0.3 is 20.6 Å². The first-order chi connectivity index (χ1) is 21.0. The van der Waals surface area contributed by atoms with E-state index in [4.69, 9.17) is 0 Å². The van der Waals surface area contributed by atoms with Gasteiger partial charge in [-0.05, 0) is 70.6 Å². The van der Waals surface area contributed by atoms with E-state index in [0.717, 1.165) is 44.9 Å². The van der Waals surface area contributed by atoms with Gasteiger partial charge in [0.05, 0.1) is 24.9 Å². The van der Waals surface area contributed by atoms with E-state index < -0.39 is 18.2 Å². The Morgan fingerprint density at radius 2 is 1.23 bits per heavy atom. The van der Waals surface area contributed by atoms with Crippen LogP contribution in [0.4, 0.5) is 0 Å². The Morgan fingerprint density at radius 1 is 0.651 bits per heavy atom. The average Bonchev–Trinajstić information content (AvgIpc) is 3.01. The van der Waals surface area contributed by atoms with Crippen LogP contribution < -0.4 is 5.32 Å². The fourth-order valence-corrected chi connectivity index (χ4v) is 4.29. The Balaban J connectivity index is 3.88. The number of rotatable bonds is 28. The molecule has 0 aromatic carbocycles. The number of allylic oxidation sites excluding steroid dienone is 11. The van der Waals surface area contributed by atoms with Crippen LogP contribution in [0.1, 0.15) is 123 Å². The first-order valence-corrected chi connectivity index (χ1v) is 16.9. The van der Waals surface area contributed by atoms with E-state index >= 15 is 0 Å². The molecule has 0 radical (unpaired) electrons. The molecule has 0 aromatic heterocycles. The fraction of sp³-hybridized carbons (Fsp3) is 0.605. The predicted octanol–water partition coefficient (Wildman–Crippen LogP) is 8.75. The highest BCUT2D eigenvalue weighted by atomic mass is 16.3. The second kappa shape index (κ2) is 32.4. The normalized spacial score (nSPS) is 15.0. The van der Waals surface area contributed by atoms with E-state index in [9.17, 15) is 20.1 Å². The number of aliphatic hydroxyl groups is 3. The van der Waals surface area contributed by atoms with Crippen LogP contribution in [-0.2, 0) is 4.79 Å². The summed E-state index contributed by atoms with van der Waals surface area (Å²) >= 11 is 0. The minimum absolute atomic E-state index is 0.145. The Hall–Kier alpha value is -2.47. The van der Waals surface area contributed by atoms with Gasteiger partial charge in [0.2, 0.25) is 5.91 Å². The molecule has 0 aliphatic carbocycles. The van der Waals surface area contributed by atoms with Gasteiger partial charge in [-0.2, -0.15) is 0 Å². The lowest BCUT2D eigenvalue weighted by Gasteiger charge is -2.19. The monoisotopic (exact) mass is 597 g/mol. The summed E-state index contributed by atoms with van der Waals surface area (Å²) < 4.78 is 0. The highest BCUT2D eigenvalue weighted by Gasteiger charge is 2.17. The van der Waals surface area contributed by atoms with Crippen LogP contribution in [-0.4, -0.2) is 46.1 Å². The molecule has 0 saturated heterocycles. The van der Waals surface area contributed by atoms with Gasteiger partial charge in [0.25, 0.3) is 0 Å². The van der Waals surface area contributed by atoms with Crippen molar-refractivity contribution in [3.05, 3.63) is 85.1 Å². The molecule has 244 valence electrons. The Labute approximate surface area is 264 Å². The van der Waals surface area contributed by atoms with Crippen LogP contribution in [0.3, 0.4) is 0 Å². The summed E-state index contributed by atoms with van der Waals surface area (Å²) in [5, 5.41) is 32.5. The third-order valence-corrected chi connectivity index (χ3v) is 6.91. The summed E-state index contributed by atoms with van der Waals surface area (Å²) in [6, 6.07) is -0.671. The second-order valence-electron chi connectivity index (χ2n) is 11.0. The van der Waals surface area contributed by atoms with Gasteiger partial charge in [0.1, 0.15) is 0 Å². The maximum atomic E-state index is 12.3. The summed E-state index contributed by atoms with van der Waals surface area (Å²) in [7, 11) is 0. The molecule has 1 amide bonds. The smallest absolute Gasteiger partial charge is 0.220 e. The van der Waals surface area contributed by atoms with E-state index in [-0.39, 0.29) is 12.5 Å². The molecule has 0 saturated carbocycles. The average molecular weight is 598 g/mol. The SMILES string of the molecule is CC/C=C\C(O)C/C=C/C=C\C/C=C\C/C=C\CCCC(=O)N[C@@H](CO)[C@H](O)/C=C/CCCCCCCC/C=C\CCC. The van der Waals surface area contributed by atoms with E-state index in [1.165, 1.54) is 51.4 Å². The Kier molecular flexibility index (Phi) is 30.6. The number of unbranched alkanes of at least 4 members (excludes halogenated alkanes) is 9. The van der Waals surface area contributed by atoms with Crippen LogP contribution in [0, 0.1) is 0 Å². The van der Waals surface area contributed by atoms with Crippen molar-refractivity contribution in [2.75, 3.05) is 6.61 Å². The maximum Gasteiger partial charge on any atom is 0.220 e. The molecule has 0 rings (SSSR count). The molecule has 1 unspecified atom stereocenters. The molecule has 3 atom stereocenters. The fourth-order valence-electron chi connectivity index (χ4n) is 4.29. The third-order valence-electron chi connectivity index (χ3n) is 6.91. The number of carbonyl (C=O) groups excluding carboxylic acids is 1. The van der Waals surface area contributed by atoms with Crippen molar-refractivity contribution in [2.24, 2.45) is 0 Å². The molecule has 5 heteroatoms. The Morgan fingerprint density at radius 3 is 1.93 bits per heavy atom. The number of amides is 1. The van der Waals surface area contributed by atoms with Crippen molar-refractivity contribution < 1.29 is 20.1 Å². The molecule has 43 heavy (non-hydrogen) atoms. The first-order valence-electron chi connectivity index (χ1n) is 16.9. The number of hydrogen-bond acceptors (Lipinski definition) is 4. The van der Waals surface area contributed by atoms with Crippen molar-refractivity contribution in [3.63, 3.8) is 0 Å². The van der Waals surface area contributed by atoms with Crippen LogP contribution in [0.15, 0.2) is 85.1 Å². The minimum Gasteiger partial charge on any atom is -0.394 e. The summed E-state index contributed by atoms with van der Waals surface area (Å²) in [5.74, 6) is -0.145. The van der Waals surface area contributed by atoms with Crippen LogP contribution in [0.5, 0.6) is 0 Å². The lowest BCUT2D eigenvalue weighted by Crippen LogP contribution is -2.45. The maximum absolute atomic E-state index is 12.3. The van der Waals surface area contributed by atoms with E-state index in [1.54, 1.807) is 6.08 Å². The minimum atomic E-state index is -0.881. The zero-order valence-corrected chi connectivity index (χ0v) is 27.3. The number of hydrogen-bond donors (Lipinski definition) is 4. The van der Waals surface area contributed by atoms with Gasteiger partial charge in [0, 0.05) is 6.42 Å². The summed E-state index contributed by atoms with van der Waals surface area (Å²) in [6.07, 6.45) is 44.3. The molecule has 0 heterocycles. The summed E-state index contributed by atoms with van der Waals surface area (Å²) in [6.45, 7) is 3.97. The van der Waals surface area contributed by atoms with Gasteiger partial charge in [-0.3, -0.25) is 4.79 Å². The number of carbonyl (C=O) groups is 1. The largest absolute Gasteiger partial charge is 0.394 e. The standard InChI is InChI=1S/C38H63NO4/c1-3-5-7-8-9-10-11-12-16-19-22-25-28-32-37(42)36(34-40)39-38(43)33-29-26-23-20-17-14-13-15-18-21-24-27-31-35(41)30-6-4-2/h6-8,13-14,18,20-21,23-24,27-28,30,32,35-37,40-42H,3-5,9-12,15-17,19,22,25-26,29,31,33-34H2,1-2H3,(H,39,43)/b8-7-,14-13-,21-18-,23-20-,27-24+,30-6-,32-28+/t35?,36-,37+/m0/s1. The van der Waals surface area contributed by atoms with E-state index in [1.807, 2.05) is 43.4 Å². The van der Waals surface area contributed by atoms with Crippen molar-refractivity contribution in [3.8, 4) is 0 Å². The van der Waals surface area contributed by atoms with Gasteiger partial charge in [-0.1, -0.05) is 131 Å². The third kappa shape index (κ3) is 29.4. The molecular formula is C38H63NO4. The summed E-state index contributed by atoms with van der Waals surface area (Å²) in [4.78, 5) is 12.3. The summed E-state index contributed by atoms with van der Waals surface area (Å²) in [5.41, 5.74) is 0. The lowest BCUT2D eigenvalue weighted by molar-refractivity contribution is -0.122. The topological polar surface area (TPSA) is 89.8 Å². The molecule has 0 aromatic rings. The van der Waals surface area contributed by atoms with Gasteiger partial charge in [-0.25, -0.2) is 0 Å². The van der Waals surface area contributed by atoms with Crippen molar-refractivity contribution in [1.29, 1.82) is 0 Å². The van der Waals surface area contributed by atoms with E-state index in [0.29, 0.717) is 12.8 Å². The van der Waals surface area contributed by atoms with Gasteiger partial charge >= 0.3 is 0 Å². The van der Waals surface area contributed by atoms with Gasteiger partial charge in [-0.15, -0.1) is 0 Å². The predicted molar refractivity (Wildman–Crippen MR) is 185 cm³/mol. The van der Waals surface area contributed by atoms with Crippen molar-refractivity contribution in [1.82, 2.24) is 5.32 Å². The van der Waals surface area contributed by atoms with Crippen molar-refractivity contribution in [2.45, 2.75) is 141 Å². The van der Waals surface area contributed by atoms with Gasteiger partial charge in [0.15, 0.2) is 0 Å². The molecular weight excluding hydrogens is 534 g/mol. The molecule has 4 N–H and O–H groups in total. The van der Waals surface area contributed by atoms with E-state index in [2.05, 4.69) is 54.8 Å². The Bertz CT molecular complexity index is 837. The highest BCUT2D eigenvalue weighted by molar-refractivity contribution is 5.76. The number of aliphatic hydroxyl groups excluding tert-OH is 3. The van der Waals surface area contributed by atoms with Crippen LogP contribution in [0.2, 0.25) is 0 Å². The molecule has 0 fully saturated rings. The molecule has 0 bridgehead atoms. The van der Waals surface area contributed by atoms with Crippen LogP contribution >= 0.6 is 0 Å². The van der Waals surface area contributed by atoms with Crippen molar-refractivity contribution >= 4 is 5.91 Å². The first kappa shape index (κ1) is 40.5. The second-order valence-corrected chi connectivity index (χ2v) is 11.0. The zero-order chi connectivity index (χ0) is 31.6. The zero-order valence-electron chi connectivity index (χ0n) is 27.3. The quantitative estimate of drug-likeness (QED) is 0.0412. The molecule has 0 spiro atoms. The highest BCUT2D eigenvalue weighted by Crippen LogP contribution is 2.10. The lowest BCUT2D eigenvalue weighted by atomic mass is 10.1. The molecule has 0 aliphatic heterocycles. The molecule has 5 nitrogen and oxygen atoms in total.